The highest BCUT2D eigenvalue weighted by Crippen LogP contribution is 2.08. The van der Waals surface area contributed by atoms with Gasteiger partial charge in [0.25, 0.3) is 5.56 Å². The predicted octanol–water partition coefficient (Wildman–Crippen LogP) is 0.802. The summed E-state index contributed by atoms with van der Waals surface area (Å²) in [6.45, 7) is 3.31. The van der Waals surface area contributed by atoms with Crippen molar-refractivity contribution in [3.05, 3.63) is 40.1 Å². The molecule has 5 heteroatoms. The second-order valence-corrected chi connectivity index (χ2v) is 3.72. The van der Waals surface area contributed by atoms with Crippen LogP contribution in [-0.4, -0.2) is 20.0 Å². The fraction of sp³-hybridized carbons (Fsp3) is 0.273. The first-order valence-electron chi connectivity index (χ1n) is 4.91. The number of aliphatic carboxylic acids is 1. The van der Waals surface area contributed by atoms with Gasteiger partial charge in [0.15, 0.2) is 0 Å². The molecule has 0 amide bonds. The first-order chi connectivity index (χ1) is 7.52. The topological polar surface area (TPSA) is 63.7 Å². The molecule has 0 aliphatic heterocycles. The van der Waals surface area contributed by atoms with Crippen LogP contribution in [0.4, 0.5) is 0 Å². The number of aryl methyl sites for hydroxylation is 1. The number of hydrogen-bond donors (Lipinski definition) is 1. The predicted molar refractivity (Wildman–Crippen MR) is 58.8 cm³/mol. The first-order valence-corrected chi connectivity index (χ1v) is 4.91. The molecule has 0 atom stereocenters. The van der Waals surface area contributed by atoms with E-state index in [9.17, 15) is 9.59 Å². The third-order valence-electron chi connectivity index (χ3n) is 2.80. The zero-order valence-corrected chi connectivity index (χ0v) is 9.10. The summed E-state index contributed by atoms with van der Waals surface area (Å²) in [5, 5.41) is 8.76. The van der Waals surface area contributed by atoms with Crippen LogP contribution in [0, 0.1) is 13.8 Å². The van der Waals surface area contributed by atoms with E-state index in [-0.39, 0.29) is 12.1 Å². The minimum absolute atomic E-state index is 0.268. The average Bonchev–Trinajstić information content (AvgIpc) is 2.70. The summed E-state index contributed by atoms with van der Waals surface area (Å²) >= 11 is 0. The zero-order chi connectivity index (χ0) is 11.9. The van der Waals surface area contributed by atoms with Gasteiger partial charge < -0.3 is 9.51 Å². The third kappa shape index (κ3) is 1.41. The summed E-state index contributed by atoms with van der Waals surface area (Å²) in [6.07, 6.45) is 1.80. The Balaban J connectivity index is 2.83. The van der Waals surface area contributed by atoms with E-state index in [1.807, 2.05) is 6.92 Å². The molecule has 2 rings (SSSR count). The smallest absolute Gasteiger partial charge is 0.323 e. The van der Waals surface area contributed by atoms with Crippen LogP contribution in [0.2, 0.25) is 0 Å². The molecule has 0 fully saturated rings. The highest BCUT2D eigenvalue weighted by Gasteiger charge is 2.12. The Hall–Kier alpha value is -2.04. The molecule has 0 aliphatic rings. The summed E-state index contributed by atoms with van der Waals surface area (Å²) in [7, 11) is 0. The lowest BCUT2D eigenvalue weighted by molar-refractivity contribution is -0.137. The van der Waals surface area contributed by atoms with Crippen molar-refractivity contribution in [2.75, 3.05) is 0 Å². The van der Waals surface area contributed by atoms with Gasteiger partial charge in [-0.3, -0.25) is 14.2 Å². The van der Waals surface area contributed by atoms with Gasteiger partial charge in [-0.1, -0.05) is 0 Å². The van der Waals surface area contributed by atoms with Crippen LogP contribution in [0.5, 0.6) is 0 Å². The van der Waals surface area contributed by atoms with E-state index >= 15 is 0 Å². The molecule has 16 heavy (non-hydrogen) atoms. The summed E-state index contributed by atoms with van der Waals surface area (Å²) in [4.78, 5) is 22.7. The fourth-order valence-corrected chi connectivity index (χ4v) is 1.83. The Kier molecular flexibility index (Phi) is 2.30. The molecule has 0 aromatic carbocycles. The standard InChI is InChI=1S/C11H12N2O3/c1-7-8(2)13(6-10(14)15)11(16)9-4-3-5-12(7)9/h3-5H,6H2,1-2H3,(H,14,15). The van der Waals surface area contributed by atoms with Crippen molar-refractivity contribution in [1.29, 1.82) is 0 Å². The average molecular weight is 220 g/mol. The minimum atomic E-state index is -1.01. The van der Waals surface area contributed by atoms with Crippen molar-refractivity contribution >= 4 is 11.5 Å². The number of aromatic nitrogens is 2. The van der Waals surface area contributed by atoms with E-state index in [4.69, 9.17) is 5.11 Å². The van der Waals surface area contributed by atoms with Crippen LogP contribution in [0.25, 0.3) is 5.52 Å². The summed E-state index contributed by atoms with van der Waals surface area (Å²) in [5.74, 6) is -1.01. The maximum atomic E-state index is 12.0. The van der Waals surface area contributed by atoms with Crippen LogP contribution >= 0.6 is 0 Å². The fourth-order valence-electron chi connectivity index (χ4n) is 1.83. The minimum Gasteiger partial charge on any atom is -0.480 e. The molecular formula is C11H12N2O3. The highest BCUT2D eigenvalue weighted by molar-refractivity contribution is 5.67. The van der Waals surface area contributed by atoms with Crippen LogP contribution in [-0.2, 0) is 11.3 Å². The Morgan fingerprint density at radius 2 is 2.06 bits per heavy atom. The number of hydrogen-bond acceptors (Lipinski definition) is 2. The van der Waals surface area contributed by atoms with E-state index in [1.54, 1.807) is 29.7 Å². The van der Waals surface area contributed by atoms with E-state index in [2.05, 4.69) is 0 Å². The van der Waals surface area contributed by atoms with Crippen molar-refractivity contribution in [2.45, 2.75) is 20.4 Å². The Labute approximate surface area is 91.6 Å². The number of nitrogens with zero attached hydrogens (tertiary/aromatic N) is 2. The molecule has 0 bridgehead atoms. The number of carboxylic acids is 1. The van der Waals surface area contributed by atoms with Crippen LogP contribution in [0.1, 0.15) is 11.4 Å². The van der Waals surface area contributed by atoms with Crippen LogP contribution in [0.3, 0.4) is 0 Å². The molecule has 5 nitrogen and oxygen atoms in total. The van der Waals surface area contributed by atoms with Gasteiger partial charge in [0.2, 0.25) is 0 Å². The third-order valence-corrected chi connectivity index (χ3v) is 2.80. The van der Waals surface area contributed by atoms with Gasteiger partial charge in [0, 0.05) is 17.6 Å². The molecule has 0 unspecified atom stereocenters. The van der Waals surface area contributed by atoms with Crippen LogP contribution < -0.4 is 5.56 Å². The lowest BCUT2D eigenvalue weighted by Crippen LogP contribution is -2.28. The molecule has 1 N–H and O–H groups in total. The SMILES string of the molecule is Cc1c(C)n2cccc2c(=O)n1CC(=O)O. The van der Waals surface area contributed by atoms with Crippen molar-refractivity contribution in [3.63, 3.8) is 0 Å². The second-order valence-electron chi connectivity index (χ2n) is 3.72. The molecule has 0 radical (unpaired) electrons. The van der Waals surface area contributed by atoms with Gasteiger partial charge in [-0.15, -0.1) is 0 Å². The molecule has 2 aromatic rings. The molecule has 0 aliphatic carbocycles. The van der Waals surface area contributed by atoms with Crippen molar-refractivity contribution in [1.82, 2.24) is 8.97 Å². The molecule has 0 spiro atoms. The normalized spacial score (nSPS) is 10.9. The number of carbonyl (C=O) groups is 1. The van der Waals surface area contributed by atoms with Crippen molar-refractivity contribution < 1.29 is 9.90 Å². The molecule has 2 heterocycles. The van der Waals surface area contributed by atoms with E-state index < -0.39 is 5.97 Å². The van der Waals surface area contributed by atoms with Gasteiger partial charge in [-0.25, -0.2) is 0 Å². The Morgan fingerprint density at radius 1 is 1.38 bits per heavy atom. The maximum Gasteiger partial charge on any atom is 0.323 e. The van der Waals surface area contributed by atoms with Gasteiger partial charge in [-0.05, 0) is 26.0 Å². The lowest BCUT2D eigenvalue weighted by Gasteiger charge is -2.12. The quantitative estimate of drug-likeness (QED) is 0.814. The highest BCUT2D eigenvalue weighted by atomic mass is 16.4. The van der Waals surface area contributed by atoms with Gasteiger partial charge in [-0.2, -0.15) is 0 Å². The number of carboxylic acid groups (broad SMARTS) is 1. The van der Waals surface area contributed by atoms with Crippen molar-refractivity contribution in [3.8, 4) is 0 Å². The van der Waals surface area contributed by atoms with E-state index in [1.165, 1.54) is 4.57 Å². The maximum absolute atomic E-state index is 12.0. The summed E-state index contributed by atoms with van der Waals surface area (Å²) in [5.41, 5.74) is 1.79. The molecular weight excluding hydrogens is 208 g/mol. The number of rotatable bonds is 2. The summed E-state index contributed by atoms with van der Waals surface area (Å²) < 4.78 is 3.06. The summed E-state index contributed by atoms with van der Waals surface area (Å²) in [6, 6.07) is 3.46. The Bertz CT molecular complexity index is 622. The second kappa shape index (κ2) is 3.52. The lowest BCUT2D eigenvalue weighted by atomic mass is 10.3. The number of fused-ring (bicyclic) bond motifs is 1. The zero-order valence-electron chi connectivity index (χ0n) is 9.10. The molecule has 2 aromatic heterocycles. The van der Waals surface area contributed by atoms with Crippen LogP contribution in [0.15, 0.2) is 23.1 Å². The largest absolute Gasteiger partial charge is 0.480 e. The molecule has 0 saturated heterocycles. The van der Waals surface area contributed by atoms with Gasteiger partial charge in [0.1, 0.15) is 12.1 Å². The molecule has 0 saturated carbocycles. The van der Waals surface area contributed by atoms with Gasteiger partial charge in [0.05, 0.1) is 0 Å². The Morgan fingerprint density at radius 3 is 2.69 bits per heavy atom. The monoisotopic (exact) mass is 220 g/mol. The van der Waals surface area contributed by atoms with E-state index in [0.29, 0.717) is 11.2 Å². The van der Waals surface area contributed by atoms with E-state index in [0.717, 1.165) is 5.69 Å². The first kappa shape index (κ1) is 10.5. The van der Waals surface area contributed by atoms with Gasteiger partial charge >= 0.3 is 5.97 Å². The molecule has 84 valence electrons. The van der Waals surface area contributed by atoms with Crippen molar-refractivity contribution in [2.24, 2.45) is 0 Å².